The molecule has 4 aromatic rings. The topological polar surface area (TPSA) is 33.1 Å². The molecule has 0 unspecified atom stereocenters. The average molecular weight is 377 g/mol. The number of piperazine rings is 1. The minimum Gasteiger partial charge on any atom is -0.369 e. The Bertz CT molecular complexity index is 1120. The van der Waals surface area contributed by atoms with Crippen molar-refractivity contribution in [2.45, 2.75) is 0 Å². The fourth-order valence-corrected chi connectivity index (χ4v) is 4.28. The van der Waals surface area contributed by atoms with Crippen LogP contribution in [0.1, 0.15) is 0 Å². The lowest BCUT2D eigenvalue weighted by molar-refractivity contribution is 0.589. The first-order chi connectivity index (χ1) is 13.2. The molecule has 4 nitrogen and oxygen atoms in total. The van der Waals surface area contributed by atoms with Gasteiger partial charge in [-0.3, -0.25) is 0 Å². The lowest BCUT2D eigenvalue weighted by Gasteiger charge is -2.29. The van der Waals surface area contributed by atoms with E-state index < -0.39 is 0 Å². The second-order valence-electron chi connectivity index (χ2n) is 7.07. The van der Waals surface area contributed by atoms with Crippen LogP contribution in [0.5, 0.6) is 0 Å². The number of hydrogen-bond donors (Lipinski definition) is 1. The standard InChI is InChI=1S/C22H21ClN4/c1-26-20-7-4-16(14-18(20)21-19(23)8-9-25-22(21)26)15-2-5-17(6-3-15)27-12-10-24-11-13-27/h2-9,14,24H,10-13H2,1H3. The van der Waals surface area contributed by atoms with Gasteiger partial charge in [-0.25, -0.2) is 4.98 Å². The number of halogens is 1. The molecule has 27 heavy (non-hydrogen) atoms. The molecule has 0 radical (unpaired) electrons. The van der Waals surface area contributed by atoms with E-state index in [9.17, 15) is 0 Å². The fourth-order valence-electron chi connectivity index (χ4n) is 4.04. The van der Waals surface area contributed by atoms with Gasteiger partial charge < -0.3 is 14.8 Å². The molecule has 0 aliphatic carbocycles. The molecule has 1 fully saturated rings. The summed E-state index contributed by atoms with van der Waals surface area (Å²) >= 11 is 6.49. The lowest BCUT2D eigenvalue weighted by Crippen LogP contribution is -2.43. The number of benzene rings is 2. The van der Waals surface area contributed by atoms with Crippen LogP contribution in [-0.4, -0.2) is 35.7 Å². The summed E-state index contributed by atoms with van der Waals surface area (Å²) in [6.07, 6.45) is 1.76. The molecular weight excluding hydrogens is 356 g/mol. The summed E-state index contributed by atoms with van der Waals surface area (Å²) in [4.78, 5) is 6.94. The zero-order chi connectivity index (χ0) is 18.4. The maximum atomic E-state index is 6.49. The average Bonchev–Trinajstić information content (AvgIpc) is 3.02. The van der Waals surface area contributed by atoms with E-state index in [2.05, 4.69) is 62.2 Å². The van der Waals surface area contributed by atoms with Gasteiger partial charge >= 0.3 is 0 Å². The van der Waals surface area contributed by atoms with Crippen LogP contribution in [0.2, 0.25) is 5.02 Å². The minimum absolute atomic E-state index is 0.747. The van der Waals surface area contributed by atoms with Crippen LogP contribution >= 0.6 is 11.6 Å². The van der Waals surface area contributed by atoms with Crippen LogP contribution in [0.4, 0.5) is 5.69 Å². The molecule has 0 amide bonds. The molecule has 1 aliphatic heterocycles. The first-order valence-electron chi connectivity index (χ1n) is 9.31. The molecule has 2 aromatic heterocycles. The highest BCUT2D eigenvalue weighted by Gasteiger charge is 2.14. The second kappa shape index (κ2) is 6.55. The van der Waals surface area contributed by atoms with Gasteiger partial charge in [0.15, 0.2) is 0 Å². The maximum Gasteiger partial charge on any atom is 0.142 e. The maximum absolute atomic E-state index is 6.49. The Kier molecular flexibility index (Phi) is 4.03. The summed E-state index contributed by atoms with van der Waals surface area (Å²) in [5.41, 5.74) is 5.77. The van der Waals surface area contributed by atoms with Gasteiger partial charge in [-0.1, -0.05) is 29.8 Å². The fraction of sp³-hybridized carbons (Fsp3) is 0.227. The predicted molar refractivity (Wildman–Crippen MR) is 114 cm³/mol. The summed E-state index contributed by atoms with van der Waals surface area (Å²) in [5.74, 6) is 0. The van der Waals surface area contributed by atoms with Crippen molar-refractivity contribution < 1.29 is 0 Å². The Hall–Kier alpha value is -2.56. The van der Waals surface area contributed by atoms with Crippen molar-refractivity contribution >= 4 is 39.2 Å². The summed E-state index contributed by atoms with van der Waals surface area (Å²) in [6.45, 7) is 4.22. The molecule has 2 aromatic carbocycles. The molecule has 1 aliphatic rings. The van der Waals surface area contributed by atoms with Crippen molar-refractivity contribution in [2.24, 2.45) is 7.05 Å². The molecule has 0 saturated carbocycles. The van der Waals surface area contributed by atoms with Crippen LogP contribution in [0.25, 0.3) is 33.1 Å². The van der Waals surface area contributed by atoms with Crippen LogP contribution in [0, 0.1) is 0 Å². The van der Waals surface area contributed by atoms with Crippen LogP contribution in [-0.2, 0) is 7.05 Å². The number of aryl methyl sites for hydroxylation is 1. The summed E-state index contributed by atoms with van der Waals surface area (Å²) in [5, 5.41) is 6.32. The molecular formula is C22H21ClN4. The third kappa shape index (κ3) is 2.76. The molecule has 3 heterocycles. The van der Waals surface area contributed by atoms with Gasteiger partial charge in [0.2, 0.25) is 0 Å². The lowest BCUT2D eigenvalue weighted by atomic mass is 10.0. The molecule has 1 N–H and O–H groups in total. The van der Waals surface area contributed by atoms with Gasteiger partial charge in [-0.05, 0) is 41.5 Å². The van der Waals surface area contributed by atoms with E-state index >= 15 is 0 Å². The van der Waals surface area contributed by atoms with Crippen molar-refractivity contribution in [1.29, 1.82) is 0 Å². The van der Waals surface area contributed by atoms with Gasteiger partial charge in [0.05, 0.1) is 10.5 Å². The van der Waals surface area contributed by atoms with E-state index in [0.717, 1.165) is 53.1 Å². The zero-order valence-electron chi connectivity index (χ0n) is 15.2. The zero-order valence-corrected chi connectivity index (χ0v) is 16.0. The van der Waals surface area contributed by atoms with E-state index in [-0.39, 0.29) is 0 Å². The molecule has 5 heteroatoms. The van der Waals surface area contributed by atoms with Crippen molar-refractivity contribution in [3.05, 3.63) is 59.8 Å². The number of nitrogens with zero attached hydrogens (tertiary/aromatic N) is 3. The van der Waals surface area contributed by atoms with Crippen LogP contribution < -0.4 is 10.2 Å². The summed E-state index contributed by atoms with van der Waals surface area (Å²) < 4.78 is 2.10. The molecule has 1 saturated heterocycles. The van der Waals surface area contributed by atoms with E-state index in [1.54, 1.807) is 6.20 Å². The quantitative estimate of drug-likeness (QED) is 0.560. The highest BCUT2D eigenvalue weighted by molar-refractivity contribution is 6.37. The number of pyridine rings is 1. The Morgan fingerprint density at radius 2 is 1.70 bits per heavy atom. The smallest absolute Gasteiger partial charge is 0.142 e. The van der Waals surface area contributed by atoms with Crippen LogP contribution in [0.3, 0.4) is 0 Å². The first kappa shape index (κ1) is 16.6. The number of anilines is 1. The van der Waals surface area contributed by atoms with Crippen molar-refractivity contribution in [2.75, 3.05) is 31.1 Å². The molecule has 136 valence electrons. The number of fused-ring (bicyclic) bond motifs is 3. The van der Waals surface area contributed by atoms with E-state index in [0.29, 0.717) is 0 Å². The van der Waals surface area contributed by atoms with Gasteiger partial charge in [0.1, 0.15) is 5.65 Å². The highest BCUT2D eigenvalue weighted by atomic mass is 35.5. The van der Waals surface area contributed by atoms with Crippen molar-refractivity contribution in [1.82, 2.24) is 14.9 Å². The predicted octanol–water partition coefficient (Wildman–Crippen LogP) is 4.46. The highest BCUT2D eigenvalue weighted by Crippen LogP contribution is 2.35. The normalized spacial score (nSPS) is 15.0. The Labute approximate surface area is 163 Å². The van der Waals surface area contributed by atoms with E-state index in [1.807, 2.05) is 13.1 Å². The Balaban J connectivity index is 1.58. The SMILES string of the molecule is Cn1c2ccc(-c3ccc(N4CCNCC4)cc3)cc2c2c(Cl)ccnc21. The summed E-state index contributed by atoms with van der Waals surface area (Å²) in [7, 11) is 2.04. The third-order valence-electron chi connectivity index (χ3n) is 5.51. The summed E-state index contributed by atoms with van der Waals surface area (Å²) in [6, 6.07) is 17.3. The monoisotopic (exact) mass is 376 g/mol. The molecule has 0 atom stereocenters. The first-order valence-corrected chi connectivity index (χ1v) is 9.69. The van der Waals surface area contributed by atoms with E-state index in [4.69, 9.17) is 11.6 Å². The second-order valence-corrected chi connectivity index (χ2v) is 7.47. The number of aromatic nitrogens is 2. The molecule has 0 bridgehead atoms. The van der Waals surface area contributed by atoms with Gasteiger partial charge in [-0.15, -0.1) is 0 Å². The van der Waals surface area contributed by atoms with Gasteiger partial charge in [0, 0.05) is 55.9 Å². The number of rotatable bonds is 2. The minimum atomic E-state index is 0.747. The molecule has 0 spiro atoms. The van der Waals surface area contributed by atoms with E-state index in [1.165, 1.54) is 16.8 Å². The number of hydrogen-bond acceptors (Lipinski definition) is 3. The third-order valence-corrected chi connectivity index (χ3v) is 5.82. The van der Waals surface area contributed by atoms with Crippen molar-refractivity contribution in [3.63, 3.8) is 0 Å². The Morgan fingerprint density at radius 1 is 0.963 bits per heavy atom. The Morgan fingerprint density at radius 3 is 2.48 bits per heavy atom. The van der Waals surface area contributed by atoms with Gasteiger partial charge in [-0.2, -0.15) is 0 Å². The molecule has 5 rings (SSSR count). The number of nitrogens with one attached hydrogen (secondary N) is 1. The van der Waals surface area contributed by atoms with Crippen LogP contribution in [0.15, 0.2) is 54.7 Å². The van der Waals surface area contributed by atoms with Crippen molar-refractivity contribution in [3.8, 4) is 11.1 Å². The largest absolute Gasteiger partial charge is 0.369 e. The van der Waals surface area contributed by atoms with Gasteiger partial charge in [0.25, 0.3) is 0 Å².